The monoisotopic (exact) mass is 384 g/mol. The maximum Gasteiger partial charge on any atom is 0.184 e. The minimum absolute atomic E-state index is 0.133. The minimum atomic E-state index is 0.133. The molecule has 0 radical (unpaired) electrons. The number of carbonyl (C=O) groups is 1. The van der Waals surface area contributed by atoms with Crippen LogP contribution in [0.2, 0.25) is 0 Å². The van der Waals surface area contributed by atoms with Gasteiger partial charge in [0.25, 0.3) is 0 Å². The number of fused-ring (bicyclic) bond motifs is 1. The third-order valence-corrected chi connectivity index (χ3v) is 5.83. The van der Waals surface area contributed by atoms with E-state index in [9.17, 15) is 4.79 Å². The van der Waals surface area contributed by atoms with E-state index in [1.807, 2.05) is 29.6 Å². The quantitative estimate of drug-likeness (QED) is 0.567. The average molecular weight is 385 g/mol. The lowest BCUT2D eigenvalue weighted by Gasteiger charge is -2.08. The summed E-state index contributed by atoms with van der Waals surface area (Å²) in [5.74, 6) is 2.10. The van der Waals surface area contributed by atoms with E-state index < -0.39 is 0 Å². The van der Waals surface area contributed by atoms with Gasteiger partial charge in [-0.1, -0.05) is 0 Å². The number of hydrogen-bond donors (Lipinski definition) is 0. The highest BCUT2D eigenvalue weighted by Crippen LogP contribution is 2.34. The predicted molar refractivity (Wildman–Crippen MR) is 89.1 cm³/mol. The van der Waals surface area contributed by atoms with Crippen molar-refractivity contribution in [1.29, 1.82) is 0 Å². The Morgan fingerprint density at radius 3 is 2.81 bits per heavy atom. The summed E-state index contributed by atoms with van der Waals surface area (Å²) in [5, 5.41) is 1.91. The lowest BCUT2D eigenvalue weighted by atomic mass is 10.3. The van der Waals surface area contributed by atoms with Gasteiger partial charge in [-0.3, -0.25) is 4.79 Å². The van der Waals surface area contributed by atoms with Crippen LogP contribution in [0.25, 0.3) is 0 Å². The van der Waals surface area contributed by atoms with Gasteiger partial charge < -0.3 is 9.47 Å². The van der Waals surface area contributed by atoms with Crippen LogP contribution in [-0.4, -0.2) is 24.7 Å². The van der Waals surface area contributed by atoms with Crippen molar-refractivity contribution in [2.24, 2.45) is 0 Å². The fourth-order valence-corrected chi connectivity index (χ4v) is 4.36. The molecule has 0 amide bonds. The largest absolute Gasteiger partial charge is 0.490 e. The van der Waals surface area contributed by atoms with Crippen LogP contribution >= 0.6 is 39.0 Å². The van der Waals surface area contributed by atoms with Gasteiger partial charge in [0.2, 0.25) is 0 Å². The Bertz CT molecular complexity index is 654. The SMILES string of the molecule is O=C(CSc1ccc2c(c1)OCCCO2)c1sccc1Br. The first-order chi connectivity index (χ1) is 10.2. The minimum Gasteiger partial charge on any atom is -0.490 e. The van der Waals surface area contributed by atoms with Gasteiger partial charge in [-0.05, 0) is 45.6 Å². The first-order valence-electron chi connectivity index (χ1n) is 6.52. The van der Waals surface area contributed by atoms with Gasteiger partial charge >= 0.3 is 0 Å². The first kappa shape index (κ1) is 14.9. The van der Waals surface area contributed by atoms with Crippen molar-refractivity contribution in [2.45, 2.75) is 11.3 Å². The summed E-state index contributed by atoms with van der Waals surface area (Å²) in [6.45, 7) is 1.35. The number of ether oxygens (including phenoxy) is 2. The summed E-state index contributed by atoms with van der Waals surface area (Å²) in [6.07, 6.45) is 0.891. The lowest BCUT2D eigenvalue weighted by molar-refractivity contribution is 0.102. The molecular weight excluding hydrogens is 372 g/mol. The summed E-state index contributed by atoms with van der Waals surface area (Å²) < 4.78 is 12.1. The summed E-state index contributed by atoms with van der Waals surface area (Å²) in [6, 6.07) is 7.72. The predicted octanol–water partition coefficient (Wildman–Crippen LogP) is 4.65. The van der Waals surface area contributed by atoms with Gasteiger partial charge in [0, 0.05) is 15.8 Å². The van der Waals surface area contributed by atoms with Crippen molar-refractivity contribution in [3.05, 3.63) is 39.0 Å². The van der Waals surface area contributed by atoms with Crippen LogP contribution in [0.4, 0.5) is 0 Å². The molecule has 1 aromatic heterocycles. The summed E-state index contributed by atoms with van der Waals surface area (Å²) >= 11 is 6.37. The van der Waals surface area contributed by atoms with Crippen molar-refractivity contribution in [3.8, 4) is 11.5 Å². The van der Waals surface area contributed by atoms with Gasteiger partial charge in [-0.2, -0.15) is 0 Å². The molecule has 0 spiro atoms. The smallest absolute Gasteiger partial charge is 0.184 e. The van der Waals surface area contributed by atoms with Crippen LogP contribution in [-0.2, 0) is 0 Å². The molecule has 1 aliphatic heterocycles. The third-order valence-electron chi connectivity index (χ3n) is 2.96. The summed E-state index contributed by atoms with van der Waals surface area (Å²) in [7, 11) is 0. The highest BCUT2D eigenvalue weighted by atomic mass is 79.9. The van der Waals surface area contributed by atoms with E-state index in [1.165, 1.54) is 23.1 Å². The van der Waals surface area contributed by atoms with Gasteiger partial charge in [0.05, 0.1) is 23.8 Å². The maximum absolute atomic E-state index is 12.1. The Balaban J connectivity index is 1.67. The molecule has 3 nitrogen and oxygen atoms in total. The number of ketones is 1. The summed E-state index contributed by atoms with van der Waals surface area (Å²) in [5.41, 5.74) is 0. The van der Waals surface area contributed by atoms with Crippen LogP contribution in [0.5, 0.6) is 11.5 Å². The van der Waals surface area contributed by atoms with E-state index in [0.717, 1.165) is 32.2 Å². The zero-order valence-corrected chi connectivity index (χ0v) is 14.4. The molecular formula is C15H13BrO3S2. The van der Waals surface area contributed by atoms with Gasteiger partial charge in [0.1, 0.15) is 0 Å². The molecule has 2 aromatic rings. The Labute approximate surface area is 139 Å². The van der Waals surface area contributed by atoms with E-state index >= 15 is 0 Å². The Hall–Kier alpha value is -0.980. The van der Waals surface area contributed by atoms with Gasteiger partial charge in [0.15, 0.2) is 17.3 Å². The molecule has 0 N–H and O–H groups in total. The van der Waals surface area contributed by atoms with E-state index in [-0.39, 0.29) is 5.78 Å². The number of carbonyl (C=O) groups excluding carboxylic acids is 1. The van der Waals surface area contributed by atoms with Gasteiger partial charge in [-0.25, -0.2) is 0 Å². The Morgan fingerprint density at radius 2 is 2.05 bits per heavy atom. The number of rotatable bonds is 4. The van der Waals surface area contributed by atoms with Crippen LogP contribution in [0.15, 0.2) is 39.0 Å². The fourth-order valence-electron chi connectivity index (χ4n) is 1.94. The van der Waals surface area contributed by atoms with Crippen molar-refractivity contribution < 1.29 is 14.3 Å². The van der Waals surface area contributed by atoms with Crippen molar-refractivity contribution in [2.75, 3.05) is 19.0 Å². The van der Waals surface area contributed by atoms with Crippen LogP contribution in [0.1, 0.15) is 16.1 Å². The second-order valence-corrected chi connectivity index (χ2v) is 7.29. The Morgan fingerprint density at radius 1 is 1.24 bits per heavy atom. The van der Waals surface area contributed by atoms with Crippen LogP contribution in [0, 0.1) is 0 Å². The molecule has 6 heteroatoms. The molecule has 0 saturated carbocycles. The zero-order chi connectivity index (χ0) is 14.7. The molecule has 110 valence electrons. The highest BCUT2D eigenvalue weighted by molar-refractivity contribution is 9.10. The fraction of sp³-hybridized carbons (Fsp3) is 0.267. The van der Waals surface area contributed by atoms with E-state index in [0.29, 0.717) is 19.0 Å². The molecule has 21 heavy (non-hydrogen) atoms. The molecule has 0 atom stereocenters. The average Bonchev–Trinajstić information content (AvgIpc) is 2.79. The molecule has 3 rings (SSSR count). The zero-order valence-electron chi connectivity index (χ0n) is 11.1. The first-order valence-corrected chi connectivity index (χ1v) is 9.18. The van der Waals surface area contributed by atoms with Gasteiger partial charge in [-0.15, -0.1) is 23.1 Å². The normalized spacial score (nSPS) is 13.8. The van der Waals surface area contributed by atoms with Crippen LogP contribution < -0.4 is 9.47 Å². The van der Waals surface area contributed by atoms with E-state index in [2.05, 4.69) is 15.9 Å². The maximum atomic E-state index is 12.1. The highest BCUT2D eigenvalue weighted by Gasteiger charge is 2.14. The number of thiophene rings is 1. The second-order valence-electron chi connectivity index (χ2n) is 4.47. The number of halogens is 1. The van der Waals surface area contributed by atoms with Crippen LogP contribution in [0.3, 0.4) is 0 Å². The van der Waals surface area contributed by atoms with E-state index in [1.54, 1.807) is 0 Å². The molecule has 0 saturated heterocycles. The number of Topliss-reactive ketones (excluding diaryl/α,β-unsaturated/α-hetero) is 1. The van der Waals surface area contributed by atoms with Crippen molar-refractivity contribution in [3.63, 3.8) is 0 Å². The standard InChI is InChI=1S/C15H13BrO3S2/c16-11-4-7-20-15(11)12(17)9-21-10-2-3-13-14(8-10)19-6-1-5-18-13/h2-4,7-8H,1,5-6,9H2. The van der Waals surface area contributed by atoms with E-state index in [4.69, 9.17) is 9.47 Å². The third kappa shape index (κ3) is 3.62. The molecule has 0 unspecified atom stereocenters. The number of benzene rings is 1. The molecule has 2 heterocycles. The van der Waals surface area contributed by atoms with Crippen molar-refractivity contribution in [1.82, 2.24) is 0 Å². The summed E-state index contributed by atoms with van der Waals surface area (Å²) in [4.78, 5) is 13.9. The Kier molecular flexibility index (Phi) is 4.87. The molecule has 0 bridgehead atoms. The second kappa shape index (κ2) is 6.85. The van der Waals surface area contributed by atoms with Crippen molar-refractivity contribution >= 4 is 44.8 Å². The lowest BCUT2D eigenvalue weighted by Crippen LogP contribution is -2.00. The molecule has 0 aliphatic carbocycles. The molecule has 1 aromatic carbocycles. The molecule has 1 aliphatic rings. The topological polar surface area (TPSA) is 35.5 Å². The number of thioether (sulfide) groups is 1. The number of hydrogen-bond acceptors (Lipinski definition) is 5. The molecule has 0 fully saturated rings.